The molecule has 0 bridgehead atoms. The van der Waals surface area contributed by atoms with Gasteiger partial charge < -0.3 is 4.74 Å². The number of hydrogen-bond donors (Lipinski definition) is 0. The van der Waals surface area contributed by atoms with Crippen LogP contribution >= 0.6 is 27.7 Å². The molecule has 1 aromatic rings. The number of halogens is 1. The molecular weight excluding hydrogens is 340 g/mol. The second kappa shape index (κ2) is 9.56. The Hall–Kier alpha value is -1.32. The van der Waals surface area contributed by atoms with Crippen molar-refractivity contribution in [2.45, 2.75) is 11.8 Å². The van der Waals surface area contributed by atoms with Crippen LogP contribution in [0.1, 0.15) is 6.92 Å². The average Bonchev–Trinajstić information content (AvgIpc) is 2.45. The number of hydrogen-bond acceptors (Lipinski definition) is 5. The van der Waals surface area contributed by atoms with E-state index in [1.807, 2.05) is 30.3 Å². The van der Waals surface area contributed by atoms with Gasteiger partial charge in [0.25, 0.3) is 0 Å². The minimum absolute atomic E-state index is 0.268. The molecule has 106 valence electrons. The van der Waals surface area contributed by atoms with Gasteiger partial charge in [-0.25, -0.2) is 0 Å². The van der Waals surface area contributed by atoms with E-state index in [0.717, 1.165) is 15.1 Å². The molecule has 0 saturated carbocycles. The van der Waals surface area contributed by atoms with Crippen LogP contribution in [0.25, 0.3) is 0 Å². The van der Waals surface area contributed by atoms with Crippen LogP contribution < -0.4 is 0 Å². The van der Waals surface area contributed by atoms with E-state index in [1.54, 1.807) is 18.7 Å². The third-order valence-electron chi connectivity index (χ3n) is 2.24. The first-order chi connectivity index (χ1) is 9.67. The summed E-state index contributed by atoms with van der Waals surface area (Å²) in [6, 6.07) is 9.88. The van der Waals surface area contributed by atoms with Crippen molar-refractivity contribution in [2.24, 2.45) is 10.9 Å². The number of carbonyl (C=O) groups excluding carboxylic acids is 1. The van der Waals surface area contributed by atoms with E-state index in [1.165, 1.54) is 6.21 Å². The molecule has 0 aliphatic rings. The summed E-state index contributed by atoms with van der Waals surface area (Å²) in [6.07, 6.45) is 1.36. The number of rotatable bonds is 7. The van der Waals surface area contributed by atoms with Crippen LogP contribution in [0.2, 0.25) is 0 Å². The van der Waals surface area contributed by atoms with Gasteiger partial charge in [-0.1, -0.05) is 15.9 Å². The number of ether oxygens (including phenoxy) is 1. The molecule has 1 atom stereocenters. The van der Waals surface area contributed by atoms with Crippen molar-refractivity contribution in [1.29, 1.82) is 5.26 Å². The minimum Gasteiger partial charge on any atom is -0.465 e. The largest absolute Gasteiger partial charge is 0.465 e. The van der Waals surface area contributed by atoms with E-state index < -0.39 is 11.9 Å². The van der Waals surface area contributed by atoms with E-state index in [0.29, 0.717) is 6.54 Å². The number of aliphatic imine (C=N–C) groups is 1. The lowest BCUT2D eigenvalue weighted by atomic mass is 10.2. The van der Waals surface area contributed by atoms with Gasteiger partial charge >= 0.3 is 5.97 Å². The van der Waals surface area contributed by atoms with E-state index in [9.17, 15) is 4.79 Å². The highest BCUT2D eigenvalue weighted by molar-refractivity contribution is 9.10. The Labute approximate surface area is 131 Å². The summed E-state index contributed by atoms with van der Waals surface area (Å²) in [7, 11) is 0. The van der Waals surface area contributed by atoms with Crippen LogP contribution in [0.5, 0.6) is 0 Å². The predicted molar refractivity (Wildman–Crippen MR) is 84.0 cm³/mol. The summed E-state index contributed by atoms with van der Waals surface area (Å²) in [5.74, 6) is -0.661. The molecule has 0 unspecified atom stereocenters. The number of nitrogens with zero attached hydrogens (tertiary/aromatic N) is 2. The van der Waals surface area contributed by atoms with Crippen molar-refractivity contribution < 1.29 is 9.53 Å². The van der Waals surface area contributed by atoms with Crippen molar-refractivity contribution in [3.8, 4) is 6.07 Å². The number of esters is 1. The van der Waals surface area contributed by atoms with Gasteiger partial charge in [0.2, 0.25) is 0 Å². The summed E-state index contributed by atoms with van der Waals surface area (Å²) in [4.78, 5) is 16.6. The highest BCUT2D eigenvalue weighted by atomic mass is 79.9. The van der Waals surface area contributed by atoms with Gasteiger partial charge in [-0.3, -0.25) is 9.79 Å². The van der Waals surface area contributed by atoms with Crippen molar-refractivity contribution >= 4 is 39.9 Å². The van der Waals surface area contributed by atoms with Gasteiger partial charge in [-0.05, 0) is 31.2 Å². The van der Waals surface area contributed by atoms with Crippen molar-refractivity contribution in [2.75, 3.05) is 18.9 Å². The molecule has 6 heteroatoms. The molecule has 1 aromatic carbocycles. The Morgan fingerprint density at radius 2 is 2.25 bits per heavy atom. The smallest absolute Gasteiger partial charge is 0.328 e. The lowest BCUT2D eigenvalue weighted by Crippen LogP contribution is -2.17. The topological polar surface area (TPSA) is 62.5 Å². The first-order valence-corrected chi connectivity index (χ1v) is 7.89. The summed E-state index contributed by atoms with van der Waals surface area (Å²) in [6.45, 7) is 2.53. The highest BCUT2D eigenvalue weighted by Crippen LogP contribution is 2.20. The van der Waals surface area contributed by atoms with Gasteiger partial charge in [0.15, 0.2) is 5.92 Å². The zero-order chi connectivity index (χ0) is 14.8. The number of benzene rings is 1. The van der Waals surface area contributed by atoms with Crippen molar-refractivity contribution in [3.63, 3.8) is 0 Å². The second-order valence-electron chi connectivity index (χ2n) is 3.72. The summed E-state index contributed by atoms with van der Waals surface area (Å²) >= 11 is 5.05. The molecule has 0 fully saturated rings. The maximum Gasteiger partial charge on any atom is 0.328 e. The molecule has 20 heavy (non-hydrogen) atoms. The fraction of sp³-hybridized carbons (Fsp3) is 0.357. The first kappa shape index (κ1) is 16.7. The zero-order valence-electron chi connectivity index (χ0n) is 11.1. The standard InChI is InChI=1S/C14H15BrN2O2S/c1-2-19-14(18)11(9-16)10-17-7-8-20-13-5-3-12(15)4-6-13/h3-6,10-11H,2,7-8H2,1H3/t11-/m1/s1. The van der Waals surface area contributed by atoms with Gasteiger partial charge in [-0.15, -0.1) is 11.8 Å². The minimum atomic E-state index is -0.910. The monoisotopic (exact) mass is 354 g/mol. The van der Waals surface area contributed by atoms with Crippen LogP contribution in [0, 0.1) is 17.2 Å². The Morgan fingerprint density at radius 3 is 2.85 bits per heavy atom. The molecule has 1 rings (SSSR count). The van der Waals surface area contributed by atoms with E-state index in [2.05, 4.69) is 20.9 Å². The SMILES string of the molecule is CCOC(=O)[C@H](C#N)C=NCCSc1ccc(Br)cc1. The lowest BCUT2D eigenvalue weighted by Gasteiger charge is -2.03. The number of nitriles is 1. The molecule has 0 aromatic heterocycles. The zero-order valence-corrected chi connectivity index (χ0v) is 13.5. The number of carbonyl (C=O) groups is 1. The van der Waals surface area contributed by atoms with Gasteiger partial charge in [0, 0.05) is 27.9 Å². The Bertz CT molecular complexity index is 497. The summed E-state index contributed by atoms with van der Waals surface area (Å²) < 4.78 is 5.82. The molecule has 0 radical (unpaired) electrons. The third-order valence-corrected chi connectivity index (χ3v) is 3.76. The Morgan fingerprint density at radius 1 is 1.55 bits per heavy atom. The van der Waals surface area contributed by atoms with Gasteiger partial charge in [0.1, 0.15) is 0 Å². The maximum atomic E-state index is 11.3. The average molecular weight is 355 g/mol. The maximum absolute atomic E-state index is 11.3. The Balaban J connectivity index is 2.32. The fourth-order valence-corrected chi connectivity index (χ4v) is 2.33. The van der Waals surface area contributed by atoms with Crippen LogP contribution in [0.3, 0.4) is 0 Å². The molecule has 0 amide bonds. The molecule has 0 aliphatic carbocycles. The molecule has 0 spiro atoms. The normalized spacial score (nSPS) is 12.1. The lowest BCUT2D eigenvalue weighted by molar-refractivity contribution is -0.143. The van der Waals surface area contributed by atoms with Gasteiger partial charge in [-0.2, -0.15) is 5.26 Å². The number of thioether (sulfide) groups is 1. The molecule has 4 nitrogen and oxygen atoms in total. The quantitative estimate of drug-likeness (QED) is 0.326. The Kier molecular flexibility index (Phi) is 8.00. The second-order valence-corrected chi connectivity index (χ2v) is 5.80. The van der Waals surface area contributed by atoms with Crippen LogP contribution in [-0.4, -0.2) is 31.1 Å². The highest BCUT2D eigenvalue weighted by Gasteiger charge is 2.15. The molecule has 0 heterocycles. The van der Waals surface area contributed by atoms with Gasteiger partial charge in [0.05, 0.1) is 12.7 Å². The van der Waals surface area contributed by atoms with Crippen LogP contribution in [0.15, 0.2) is 38.6 Å². The first-order valence-electron chi connectivity index (χ1n) is 6.12. The fourth-order valence-electron chi connectivity index (χ4n) is 1.31. The summed E-state index contributed by atoms with van der Waals surface area (Å²) in [5, 5.41) is 8.83. The van der Waals surface area contributed by atoms with Crippen LogP contribution in [0.4, 0.5) is 0 Å². The molecule has 0 aliphatic heterocycles. The predicted octanol–water partition coefficient (Wildman–Crippen LogP) is 3.31. The molecular formula is C14H15BrN2O2S. The van der Waals surface area contributed by atoms with Crippen molar-refractivity contribution in [1.82, 2.24) is 0 Å². The molecule has 0 N–H and O–H groups in total. The van der Waals surface area contributed by atoms with E-state index >= 15 is 0 Å². The summed E-state index contributed by atoms with van der Waals surface area (Å²) in [5.41, 5.74) is 0. The van der Waals surface area contributed by atoms with Crippen LogP contribution in [-0.2, 0) is 9.53 Å². The van der Waals surface area contributed by atoms with E-state index in [4.69, 9.17) is 10.00 Å². The third kappa shape index (κ3) is 6.22. The van der Waals surface area contributed by atoms with E-state index in [-0.39, 0.29) is 6.61 Å². The molecule has 0 saturated heterocycles. The van der Waals surface area contributed by atoms with Crippen molar-refractivity contribution in [3.05, 3.63) is 28.7 Å².